The van der Waals surface area contributed by atoms with Gasteiger partial charge in [0.2, 0.25) is 0 Å². The maximum absolute atomic E-state index is 5.47. The molecule has 30 heavy (non-hydrogen) atoms. The molecule has 3 aromatic rings. The van der Waals surface area contributed by atoms with E-state index in [-0.39, 0.29) is 0 Å². The largest absolute Gasteiger partial charge is 0.379 e. The van der Waals surface area contributed by atoms with E-state index >= 15 is 0 Å². The van der Waals surface area contributed by atoms with Crippen molar-refractivity contribution in [3.63, 3.8) is 0 Å². The van der Waals surface area contributed by atoms with Crippen molar-refractivity contribution in [1.82, 2.24) is 30.1 Å². The molecule has 1 saturated heterocycles. The molecule has 0 unspecified atom stereocenters. The van der Waals surface area contributed by atoms with Crippen molar-refractivity contribution >= 4 is 11.6 Å². The third-order valence-electron chi connectivity index (χ3n) is 5.17. The first kappa shape index (κ1) is 20.3. The first-order valence-corrected chi connectivity index (χ1v) is 10.5. The lowest BCUT2D eigenvalue weighted by Gasteiger charge is -2.27. The Morgan fingerprint density at radius 3 is 2.67 bits per heavy atom. The van der Waals surface area contributed by atoms with Gasteiger partial charge in [0.05, 0.1) is 26.3 Å². The Balaban J connectivity index is 1.42. The summed E-state index contributed by atoms with van der Waals surface area (Å²) in [6.07, 6.45) is 1.97. The summed E-state index contributed by atoms with van der Waals surface area (Å²) in [5.74, 6) is 1.62. The number of aliphatic imine (C=N–C) groups is 1. The molecule has 1 aromatic carbocycles. The van der Waals surface area contributed by atoms with Crippen LogP contribution in [-0.4, -0.2) is 58.3 Å². The average molecular weight is 408 g/mol. The highest BCUT2D eigenvalue weighted by atomic mass is 16.5. The van der Waals surface area contributed by atoms with Crippen LogP contribution in [0.4, 0.5) is 0 Å². The van der Waals surface area contributed by atoms with Crippen LogP contribution in [0.5, 0.6) is 0 Å². The normalized spacial score (nSPS) is 15.4. The molecular formula is C22H29N7O. The molecule has 0 aliphatic carbocycles. The Morgan fingerprint density at radius 1 is 1.03 bits per heavy atom. The van der Waals surface area contributed by atoms with E-state index < -0.39 is 0 Å². The standard InChI is InChI=1S/C22H29N7O/c1-2-23-22(25-16-21-27-26-20-9-5-6-10-29(20)21)24-15-18-7-3-4-8-19(18)17-28-11-13-30-14-12-28/h3-10H,2,11-17H2,1H3,(H2,23,24,25). The number of guanidine groups is 1. The zero-order valence-electron chi connectivity index (χ0n) is 17.4. The molecule has 0 saturated carbocycles. The van der Waals surface area contributed by atoms with Gasteiger partial charge in [-0.3, -0.25) is 9.30 Å². The van der Waals surface area contributed by atoms with Gasteiger partial charge < -0.3 is 15.4 Å². The fraction of sp³-hybridized carbons (Fsp3) is 0.409. The van der Waals surface area contributed by atoms with E-state index in [4.69, 9.17) is 9.73 Å². The zero-order valence-corrected chi connectivity index (χ0v) is 17.4. The van der Waals surface area contributed by atoms with E-state index in [0.717, 1.165) is 56.8 Å². The second-order valence-electron chi connectivity index (χ2n) is 7.25. The molecule has 8 nitrogen and oxygen atoms in total. The molecule has 2 N–H and O–H groups in total. The summed E-state index contributed by atoms with van der Waals surface area (Å²) in [5, 5.41) is 15.2. The maximum atomic E-state index is 5.47. The number of hydrogen-bond acceptors (Lipinski definition) is 5. The van der Waals surface area contributed by atoms with Gasteiger partial charge in [-0.15, -0.1) is 10.2 Å². The molecule has 1 aliphatic rings. The van der Waals surface area contributed by atoms with Gasteiger partial charge in [0.1, 0.15) is 0 Å². The minimum atomic E-state index is 0.548. The highest BCUT2D eigenvalue weighted by Crippen LogP contribution is 2.14. The van der Waals surface area contributed by atoms with Gasteiger partial charge in [-0.2, -0.15) is 0 Å². The quantitative estimate of drug-likeness (QED) is 0.459. The first-order valence-electron chi connectivity index (χ1n) is 10.5. The van der Waals surface area contributed by atoms with E-state index in [2.05, 4.69) is 56.9 Å². The topological polar surface area (TPSA) is 79.1 Å². The molecule has 3 heterocycles. The van der Waals surface area contributed by atoms with Crippen LogP contribution < -0.4 is 10.6 Å². The zero-order chi connectivity index (χ0) is 20.6. The Hall–Kier alpha value is -2.97. The van der Waals surface area contributed by atoms with Crippen molar-refractivity contribution in [2.45, 2.75) is 26.6 Å². The molecule has 4 rings (SSSR count). The molecule has 158 valence electrons. The number of nitrogens with one attached hydrogen (secondary N) is 2. The summed E-state index contributed by atoms with van der Waals surface area (Å²) in [6.45, 7) is 8.55. The number of rotatable bonds is 7. The van der Waals surface area contributed by atoms with Crippen LogP contribution in [0.15, 0.2) is 53.7 Å². The molecule has 1 fully saturated rings. The number of aromatic nitrogens is 3. The molecular weight excluding hydrogens is 378 g/mol. The van der Waals surface area contributed by atoms with Crippen molar-refractivity contribution in [1.29, 1.82) is 0 Å². The lowest BCUT2D eigenvalue weighted by molar-refractivity contribution is 0.0341. The average Bonchev–Trinajstić information content (AvgIpc) is 3.20. The summed E-state index contributed by atoms with van der Waals surface area (Å²) < 4.78 is 7.45. The van der Waals surface area contributed by atoms with Crippen LogP contribution in [-0.2, 0) is 24.4 Å². The van der Waals surface area contributed by atoms with Gasteiger partial charge in [-0.1, -0.05) is 30.3 Å². The third-order valence-corrected chi connectivity index (χ3v) is 5.17. The summed E-state index contributed by atoms with van der Waals surface area (Å²) in [6, 6.07) is 14.4. The van der Waals surface area contributed by atoms with Crippen LogP contribution in [0.1, 0.15) is 23.9 Å². The summed E-state index contributed by atoms with van der Waals surface area (Å²) in [7, 11) is 0. The molecule has 0 spiro atoms. The van der Waals surface area contributed by atoms with E-state index in [1.165, 1.54) is 11.1 Å². The highest BCUT2D eigenvalue weighted by molar-refractivity contribution is 5.79. The van der Waals surface area contributed by atoms with Crippen molar-refractivity contribution in [2.75, 3.05) is 32.8 Å². The van der Waals surface area contributed by atoms with Gasteiger partial charge in [0, 0.05) is 32.4 Å². The van der Waals surface area contributed by atoms with E-state index in [1.807, 2.05) is 28.8 Å². The molecule has 0 bridgehead atoms. The second-order valence-corrected chi connectivity index (χ2v) is 7.25. The van der Waals surface area contributed by atoms with Crippen LogP contribution in [0.25, 0.3) is 5.65 Å². The van der Waals surface area contributed by atoms with Gasteiger partial charge in [-0.25, -0.2) is 4.99 Å². The monoisotopic (exact) mass is 407 g/mol. The number of ether oxygens (including phenoxy) is 1. The van der Waals surface area contributed by atoms with Gasteiger partial charge in [-0.05, 0) is 30.2 Å². The van der Waals surface area contributed by atoms with Crippen molar-refractivity contribution in [3.8, 4) is 0 Å². The summed E-state index contributed by atoms with van der Waals surface area (Å²) in [5.41, 5.74) is 3.41. The second kappa shape index (κ2) is 10.2. The SMILES string of the molecule is CCNC(=NCc1ccccc1CN1CCOCC1)NCc1nnc2ccccn12. The van der Waals surface area contributed by atoms with Gasteiger partial charge in [0.15, 0.2) is 17.4 Å². The molecule has 8 heteroatoms. The summed E-state index contributed by atoms with van der Waals surface area (Å²) >= 11 is 0. The lowest BCUT2D eigenvalue weighted by atomic mass is 10.1. The van der Waals surface area contributed by atoms with Crippen molar-refractivity contribution < 1.29 is 4.74 Å². The fourth-order valence-corrected chi connectivity index (χ4v) is 3.55. The van der Waals surface area contributed by atoms with Crippen LogP contribution in [0.3, 0.4) is 0 Å². The number of nitrogens with zero attached hydrogens (tertiary/aromatic N) is 5. The van der Waals surface area contributed by atoms with Gasteiger partial charge in [0.25, 0.3) is 0 Å². The number of hydrogen-bond donors (Lipinski definition) is 2. The number of pyridine rings is 1. The Morgan fingerprint density at radius 2 is 1.83 bits per heavy atom. The molecule has 2 aromatic heterocycles. The number of benzene rings is 1. The smallest absolute Gasteiger partial charge is 0.191 e. The fourth-order valence-electron chi connectivity index (χ4n) is 3.55. The highest BCUT2D eigenvalue weighted by Gasteiger charge is 2.13. The molecule has 0 amide bonds. The predicted octanol–water partition coefficient (Wildman–Crippen LogP) is 1.82. The lowest BCUT2D eigenvalue weighted by Crippen LogP contribution is -2.37. The van der Waals surface area contributed by atoms with E-state index in [0.29, 0.717) is 13.1 Å². The Labute approximate surface area is 177 Å². The van der Waals surface area contributed by atoms with Crippen molar-refractivity contribution in [3.05, 3.63) is 65.6 Å². The van der Waals surface area contributed by atoms with E-state index in [9.17, 15) is 0 Å². The minimum Gasteiger partial charge on any atom is -0.379 e. The van der Waals surface area contributed by atoms with Gasteiger partial charge >= 0.3 is 0 Å². The van der Waals surface area contributed by atoms with Crippen LogP contribution in [0.2, 0.25) is 0 Å². The summed E-state index contributed by atoms with van der Waals surface area (Å²) in [4.78, 5) is 7.25. The third kappa shape index (κ3) is 5.14. The molecule has 0 radical (unpaired) electrons. The Kier molecular flexibility index (Phi) is 6.89. The minimum absolute atomic E-state index is 0.548. The molecule has 0 atom stereocenters. The van der Waals surface area contributed by atoms with E-state index in [1.54, 1.807) is 0 Å². The Bertz CT molecular complexity index is 978. The van der Waals surface area contributed by atoms with Crippen LogP contribution >= 0.6 is 0 Å². The van der Waals surface area contributed by atoms with Crippen molar-refractivity contribution in [2.24, 2.45) is 4.99 Å². The predicted molar refractivity (Wildman–Crippen MR) is 117 cm³/mol. The molecule has 1 aliphatic heterocycles. The van der Waals surface area contributed by atoms with Crippen LogP contribution in [0, 0.1) is 0 Å². The first-order chi connectivity index (χ1) is 14.8. The maximum Gasteiger partial charge on any atom is 0.191 e. The number of morpholine rings is 1. The number of fused-ring (bicyclic) bond motifs is 1.